The standard InChI is InChI=1S/C14H23NO3S2/c1-4-13(19(16)10-11-20(3,17)18)14(15-2)12-8-6-5-7-9-12/h5-9,13-15H,4,10-11H2,1-3H3. The molecule has 0 heterocycles. The van der Waals surface area contributed by atoms with E-state index in [1.165, 1.54) is 6.26 Å². The molecule has 1 rings (SSSR count). The van der Waals surface area contributed by atoms with Crippen LogP contribution in [0.5, 0.6) is 0 Å². The summed E-state index contributed by atoms with van der Waals surface area (Å²) in [6.45, 7) is 1.98. The maximum atomic E-state index is 12.4. The molecule has 6 heteroatoms. The fourth-order valence-electron chi connectivity index (χ4n) is 2.19. The van der Waals surface area contributed by atoms with Crippen LogP contribution in [0.4, 0.5) is 0 Å². The maximum absolute atomic E-state index is 12.4. The van der Waals surface area contributed by atoms with Crippen molar-refractivity contribution in [3.05, 3.63) is 35.9 Å². The van der Waals surface area contributed by atoms with Crippen LogP contribution in [0.2, 0.25) is 0 Å². The van der Waals surface area contributed by atoms with E-state index < -0.39 is 20.6 Å². The predicted octanol–water partition coefficient (Wildman–Crippen LogP) is 1.52. The molecule has 4 nitrogen and oxygen atoms in total. The van der Waals surface area contributed by atoms with Crippen LogP contribution in [0.25, 0.3) is 0 Å². The molecule has 3 atom stereocenters. The molecule has 1 N–H and O–H groups in total. The largest absolute Gasteiger partial charge is 0.312 e. The number of hydrogen-bond donors (Lipinski definition) is 1. The van der Waals surface area contributed by atoms with Gasteiger partial charge in [0.05, 0.1) is 11.0 Å². The van der Waals surface area contributed by atoms with E-state index >= 15 is 0 Å². The Morgan fingerprint density at radius 3 is 2.30 bits per heavy atom. The van der Waals surface area contributed by atoms with Gasteiger partial charge in [-0.3, -0.25) is 4.21 Å². The zero-order chi connectivity index (χ0) is 15.2. The van der Waals surface area contributed by atoms with Gasteiger partial charge in [-0.1, -0.05) is 37.3 Å². The van der Waals surface area contributed by atoms with E-state index in [9.17, 15) is 12.6 Å². The highest BCUT2D eigenvalue weighted by atomic mass is 32.2. The third-order valence-electron chi connectivity index (χ3n) is 3.24. The van der Waals surface area contributed by atoms with Gasteiger partial charge in [0.2, 0.25) is 0 Å². The number of nitrogens with one attached hydrogen (secondary N) is 1. The zero-order valence-corrected chi connectivity index (χ0v) is 13.8. The lowest BCUT2D eigenvalue weighted by Gasteiger charge is -2.25. The molecular formula is C14H23NO3S2. The topological polar surface area (TPSA) is 63.2 Å². The Morgan fingerprint density at radius 1 is 1.25 bits per heavy atom. The minimum Gasteiger partial charge on any atom is -0.312 e. The van der Waals surface area contributed by atoms with Gasteiger partial charge in [0, 0.05) is 28.9 Å². The Labute approximate surface area is 124 Å². The molecule has 20 heavy (non-hydrogen) atoms. The summed E-state index contributed by atoms with van der Waals surface area (Å²) in [5, 5.41) is 3.11. The second-order valence-electron chi connectivity index (χ2n) is 4.84. The van der Waals surface area contributed by atoms with Crippen LogP contribution < -0.4 is 5.32 Å². The van der Waals surface area contributed by atoms with E-state index in [0.717, 1.165) is 12.0 Å². The van der Waals surface area contributed by atoms with E-state index in [1.807, 2.05) is 44.3 Å². The first-order chi connectivity index (χ1) is 9.39. The van der Waals surface area contributed by atoms with Crippen LogP contribution in [0.1, 0.15) is 24.9 Å². The molecule has 0 aliphatic heterocycles. The Balaban J connectivity index is 2.84. The highest BCUT2D eigenvalue weighted by Gasteiger charge is 2.26. The number of sulfone groups is 1. The molecule has 0 fully saturated rings. The molecule has 0 spiro atoms. The van der Waals surface area contributed by atoms with Crippen LogP contribution >= 0.6 is 0 Å². The average Bonchev–Trinajstić information content (AvgIpc) is 2.42. The fraction of sp³-hybridized carbons (Fsp3) is 0.571. The molecule has 0 bridgehead atoms. The Bertz CT molecular complexity index is 529. The van der Waals surface area contributed by atoms with Crippen LogP contribution in [0.3, 0.4) is 0 Å². The third kappa shape index (κ3) is 5.34. The quantitative estimate of drug-likeness (QED) is 0.789. The molecule has 0 aromatic heterocycles. The molecule has 0 aliphatic rings. The Kier molecular flexibility index (Phi) is 6.85. The predicted molar refractivity (Wildman–Crippen MR) is 85.0 cm³/mol. The Morgan fingerprint density at radius 2 is 1.85 bits per heavy atom. The lowest BCUT2D eigenvalue weighted by atomic mass is 10.0. The van der Waals surface area contributed by atoms with Crippen molar-refractivity contribution in [3.63, 3.8) is 0 Å². The summed E-state index contributed by atoms with van der Waals surface area (Å²) in [4.78, 5) is 0. The molecule has 0 saturated carbocycles. The van der Waals surface area contributed by atoms with E-state index in [4.69, 9.17) is 0 Å². The van der Waals surface area contributed by atoms with Crippen LogP contribution in [-0.4, -0.2) is 42.7 Å². The molecule has 1 aromatic rings. The van der Waals surface area contributed by atoms with Gasteiger partial charge in [0.1, 0.15) is 9.84 Å². The summed E-state index contributed by atoms with van der Waals surface area (Å²) in [6, 6.07) is 9.81. The van der Waals surface area contributed by atoms with Gasteiger partial charge in [-0.2, -0.15) is 0 Å². The summed E-state index contributed by atoms with van der Waals surface area (Å²) in [7, 11) is -2.41. The smallest absolute Gasteiger partial charge is 0.148 e. The van der Waals surface area contributed by atoms with Crippen LogP contribution in [-0.2, 0) is 20.6 Å². The molecule has 3 unspecified atom stereocenters. The van der Waals surface area contributed by atoms with Crippen molar-refractivity contribution in [2.24, 2.45) is 0 Å². The van der Waals surface area contributed by atoms with Gasteiger partial charge in [0.15, 0.2) is 0 Å². The molecule has 0 amide bonds. The number of rotatable bonds is 8. The SMILES string of the molecule is CCC(C(NC)c1ccccc1)S(=O)CCS(C)(=O)=O. The summed E-state index contributed by atoms with van der Waals surface area (Å²) in [5.74, 6) is 0.170. The van der Waals surface area contributed by atoms with Crippen molar-refractivity contribution >= 4 is 20.6 Å². The highest BCUT2D eigenvalue weighted by Crippen LogP contribution is 2.23. The third-order valence-corrected chi connectivity index (χ3v) is 6.33. The van der Waals surface area contributed by atoms with E-state index in [1.54, 1.807) is 0 Å². The molecule has 0 aliphatic carbocycles. The molecule has 1 aromatic carbocycles. The zero-order valence-electron chi connectivity index (χ0n) is 12.2. The van der Waals surface area contributed by atoms with Gasteiger partial charge in [0.25, 0.3) is 0 Å². The molecular weight excluding hydrogens is 294 g/mol. The van der Waals surface area contributed by atoms with E-state index in [2.05, 4.69) is 5.32 Å². The summed E-state index contributed by atoms with van der Waals surface area (Å²) < 4.78 is 34.8. The van der Waals surface area contributed by atoms with Gasteiger partial charge < -0.3 is 5.32 Å². The van der Waals surface area contributed by atoms with Crippen molar-refractivity contribution in [2.45, 2.75) is 24.6 Å². The minimum atomic E-state index is -3.07. The van der Waals surface area contributed by atoms with E-state index in [0.29, 0.717) is 0 Å². The normalized spacial score (nSPS) is 16.6. The van der Waals surface area contributed by atoms with Gasteiger partial charge in [-0.15, -0.1) is 0 Å². The Hall–Kier alpha value is -0.720. The molecule has 0 saturated heterocycles. The van der Waals surface area contributed by atoms with Crippen LogP contribution in [0, 0.1) is 0 Å². The van der Waals surface area contributed by atoms with Crippen molar-refractivity contribution < 1.29 is 12.6 Å². The van der Waals surface area contributed by atoms with Gasteiger partial charge >= 0.3 is 0 Å². The summed E-state index contributed by atoms with van der Waals surface area (Å²) in [5.41, 5.74) is 1.08. The number of benzene rings is 1. The monoisotopic (exact) mass is 317 g/mol. The van der Waals surface area contributed by atoms with Gasteiger partial charge in [-0.05, 0) is 19.0 Å². The fourth-order valence-corrected chi connectivity index (χ4v) is 5.33. The molecule has 114 valence electrons. The van der Waals surface area contributed by atoms with Crippen molar-refractivity contribution in [2.75, 3.05) is 24.8 Å². The summed E-state index contributed by atoms with van der Waals surface area (Å²) >= 11 is 0. The first-order valence-corrected chi connectivity index (χ1v) is 10.1. The second-order valence-corrected chi connectivity index (χ2v) is 8.87. The summed E-state index contributed by atoms with van der Waals surface area (Å²) in [6.07, 6.45) is 1.91. The lowest BCUT2D eigenvalue weighted by molar-refractivity contribution is 0.539. The lowest BCUT2D eigenvalue weighted by Crippen LogP contribution is -2.34. The van der Waals surface area contributed by atoms with Crippen molar-refractivity contribution in [1.29, 1.82) is 0 Å². The first-order valence-electron chi connectivity index (χ1n) is 6.66. The first kappa shape index (κ1) is 17.3. The second kappa shape index (κ2) is 7.90. The highest BCUT2D eigenvalue weighted by molar-refractivity contribution is 7.92. The van der Waals surface area contributed by atoms with Crippen molar-refractivity contribution in [1.82, 2.24) is 5.32 Å². The average molecular weight is 317 g/mol. The number of hydrogen-bond acceptors (Lipinski definition) is 4. The minimum absolute atomic E-state index is 0.0263. The van der Waals surface area contributed by atoms with Crippen LogP contribution in [0.15, 0.2) is 30.3 Å². The van der Waals surface area contributed by atoms with Gasteiger partial charge in [-0.25, -0.2) is 8.42 Å². The maximum Gasteiger partial charge on any atom is 0.148 e. The van der Waals surface area contributed by atoms with E-state index in [-0.39, 0.29) is 22.8 Å². The van der Waals surface area contributed by atoms with Crippen molar-refractivity contribution in [3.8, 4) is 0 Å². The molecule has 0 radical (unpaired) electrons.